The van der Waals surface area contributed by atoms with Crippen molar-refractivity contribution in [3.63, 3.8) is 0 Å². The minimum Gasteiger partial charge on any atom is -0.242 e. The van der Waals surface area contributed by atoms with Gasteiger partial charge in [0.25, 0.3) is 0 Å². The van der Waals surface area contributed by atoms with Gasteiger partial charge in [-0.05, 0) is 45.1 Å². The Labute approximate surface area is 124 Å². The average molecular weight is 302 g/mol. The predicted octanol–water partition coefficient (Wildman–Crippen LogP) is 3.84. The van der Waals surface area contributed by atoms with Gasteiger partial charge in [-0.1, -0.05) is 30.3 Å². The van der Waals surface area contributed by atoms with Gasteiger partial charge in [0, 0.05) is 12.4 Å². The smallest absolute Gasteiger partial charge is 0.0970 e. The van der Waals surface area contributed by atoms with Crippen molar-refractivity contribution in [3.8, 4) is 0 Å². The molecular formula is C15H24ClNOS. The molecule has 2 nitrogen and oxygen atoms in total. The zero-order valence-electron chi connectivity index (χ0n) is 12.0. The largest absolute Gasteiger partial charge is 0.242 e. The first kappa shape index (κ1) is 16.7. The monoisotopic (exact) mass is 301 g/mol. The van der Waals surface area contributed by atoms with E-state index in [1.54, 1.807) is 0 Å². The summed E-state index contributed by atoms with van der Waals surface area (Å²) in [5.74, 6) is 1.04. The van der Waals surface area contributed by atoms with Gasteiger partial charge in [-0.2, -0.15) is 0 Å². The van der Waals surface area contributed by atoms with Crippen LogP contribution in [0.5, 0.6) is 0 Å². The molecule has 1 aromatic carbocycles. The summed E-state index contributed by atoms with van der Waals surface area (Å²) in [6.07, 6.45) is 1.99. The first-order chi connectivity index (χ1) is 8.95. The van der Waals surface area contributed by atoms with Crippen LogP contribution in [-0.2, 0) is 11.0 Å². The molecule has 0 radical (unpaired) electrons. The Morgan fingerprint density at radius 1 is 1.26 bits per heavy atom. The standard InChI is InChI=1S/C15H24ClNOS/c1-15(2,3)19(18)17-12-14(10-7-11-16)13-8-5-4-6-9-13/h4-6,8-9,14,17H,7,10-12H2,1-3H3/t14-,19+/m0/s1. The second kappa shape index (κ2) is 8.03. The molecular weight excluding hydrogens is 278 g/mol. The predicted molar refractivity (Wildman–Crippen MR) is 85.0 cm³/mol. The quantitative estimate of drug-likeness (QED) is 0.762. The summed E-state index contributed by atoms with van der Waals surface area (Å²) in [5.41, 5.74) is 1.28. The van der Waals surface area contributed by atoms with Crippen molar-refractivity contribution < 1.29 is 4.21 Å². The number of alkyl halides is 1. The van der Waals surface area contributed by atoms with Crippen LogP contribution in [0.4, 0.5) is 0 Å². The summed E-state index contributed by atoms with van der Waals surface area (Å²) in [6, 6.07) is 10.4. The molecule has 1 rings (SSSR count). The zero-order valence-corrected chi connectivity index (χ0v) is 13.6. The molecule has 0 amide bonds. The molecule has 0 aliphatic carbocycles. The lowest BCUT2D eigenvalue weighted by atomic mass is 9.95. The highest BCUT2D eigenvalue weighted by atomic mass is 35.5. The number of benzene rings is 1. The van der Waals surface area contributed by atoms with Crippen LogP contribution in [-0.4, -0.2) is 21.4 Å². The molecule has 0 fully saturated rings. The van der Waals surface area contributed by atoms with E-state index in [1.807, 2.05) is 39.0 Å². The summed E-state index contributed by atoms with van der Waals surface area (Å²) in [5, 5.41) is 0. The minimum atomic E-state index is -1.02. The van der Waals surface area contributed by atoms with E-state index in [-0.39, 0.29) is 4.75 Å². The van der Waals surface area contributed by atoms with Crippen molar-refractivity contribution in [1.82, 2.24) is 4.72 Å². The van der Waals surface area contributed by atoms with Gasteiger partial charge in [0.15, 0.2) is 0 Å². The summed E-state index contributed by atoms with van der Waals surface area (Å²) < 4.78 is 15.0. The van der Waals surface area contributed by atoms with Gasteiger partial charge in [0.05, 0.1) is 15.7 Å². The van der Waals surface area contributed by atoms with Gasteiger partial charge >= 0.3 is 0 Å². The Morgan fingerprint density at radius 3 is 2.42 bits per heavy atom. The Balaban J connectivity index is 2.63. The van der Waals surface area contributed by atoms with E-state index in [9.17, 15) is 4.21 Å². The van der Waals surface area contributed by atoms with Gasteiger partial charge in [0.1, 0.15) is 0 Å². The Kier molecular flexibility index (Phi) is 7.05. The topological polar surface area (TPSA) is 29.1 Å². The first-order valence-corrected chi connectivity index (χ1v) is 8.40. The van der Waals surface area contributed by atoms with Crippen molar-refractivity contribution in [2.24, 2.45) is 0 Å². The maximum Gasteiger partial charge on any atom is 0.0970 e. The van der Waals surface area contributed by atoms with Crippen LogP contribution >= 0.6 is 11.6 Å². The molecule has 0 spiro atoms. The number of halogens is 1. The summed E-state index contributed by atoms with van der Waals surface area (Å²) in [7, 11) is -1.02. The fourth-order valence-corrected chi connectivity index (χ4v) is 2.77. The van der Waals surface area contributed by atoms with Crippen LogP contribution in [0.25, 0.3) is 0 Å². The molecule has 0 bridgehead atoms. The lowest BCUT2D eigenvalue weighted by Crippen LogP contribution is -2.35. The van der Waals surface area contributed by atoms with Crippen LogP contribution in [0.3, 0.4) is 0 Å². The van der Waals surface area contributed by atoms with Gasteiger partial charge < -0.3 is 0 Å². The van der Waals surface area contributed by atoms with Gasteiger partial charge in [-0.3, -0.25) is 0 Å². The molecule has 0 unspecified atom stereocenters. The lowest BCUT2D eigenvalue weighted by Gasteiger charge is -2.22. The van der Waals surface area contributed by atoms with Crippen molar-refractivity contribution in [2.75, 3.05) is 12.4 Å². The summed E-state index contributed by atoms with van der Waals surface area (Å²) >= 11 is 5.79. The zero-order chi connectivity index (χ0) is 14.3. The highest BCUT2D eigenvalue weighted by Crippen LogP contribution is 2.21. The van der Waals surface area contributed by atoms with Gasteiger partial charge in [0.2, 0.25) is 0 Å². The highest BCUT2D eigenvalue weighted by Gasteiger charge is 2.20. The van der Waals surface area contributed by atoms with Crippen LogP contribution in [0.15, 0.2) is 30.3 Å². The fraction of sp³-hybridized carbons (Fsp3) is 0.600. The van der Waals surface area contributed by atoms with Gasteiger partial charge in [-0.15, -0.1) is 11.6 Å². The number of hydrogen-bond acceptors (Lipinski definition) is 1. The van der Waals surface area contributed by atoms with E-state index in [2.05, 4.69) is 16.9 Å². The van der Waals surface area contributed by atoms with E-state index in [1.165, 1.54) is 5.56 Å². The molecule has 2 atom stereocenters. The Morgan fingerprint density at radius 2 is 1.89 bits per heavy atom. The van der Waals surface area contributed by atoms with E-state index in [0.717, 1.165) is 19.4 Å². The molecule has 0 aliphatic rings. The minimum absolute atomic E-state index is 0.228. The Hall–Kier alpha value is -0.380. The van der Waals surface area contributed by atoms with E-state index in [4.69, 9.17) is 11.6 Å². The van der Waals surface area contributed by atoms with Crippen molar-refractivity contribution >= 4 is 22.6 Å². The molecule has 1 N–H and O–H groups in total. The second-order valence-electron chi connectivity index (χ2n) is 5.67. The molecule has 4 heteroatoms. The fourth-order valence-electron chi connectivity index (χ4n) is 1.83. The normalized spacial score (nSPS) is 15.2. The number of hydrogen-bond donors (Lipinski definition) is 1. The van der Waals surface area contributed by atoms with E-state index in [0.29, 0.717) is 11.8 Å². The summed E-state index contributed by atoms with van der Waals surface area (Å²) in [4.78, 5) is 0. The maximum atomic E-state index is 12.0. The molecule has 0 aliphatic heterocycles. The molecule has 0 saturated carbocycles. The first-order valence-electron chi connectivity index (χ1n) is 6.71. The molecule has 1 aromatic rings. The van der Waals surface area contributed by atoms with Crippen molar-refractivity contribution in [2.45, 2.75) is 44.3 Å². The number of rotatable bonds is 7. The van der Waals surface area contributed by atoms with Crippen LogP contribution < -0.4 is 4.72 Å². The third-order valence-electron chi connectivity index (χ3n) is 2.97. The van der Waals surface area contributed by atoms with Crippen LogP contribution in [0, 0.1) is 0 Å². The van der Waals surface area contributed by atoms with E-state index >= 15 is 0 Å². The lowest BCUT2D eigenvalue weighted by molar-refractivity contribution is 0.585. The third-order valence-corrected chi connectivity index (χ3v) is 4.78. The average Bonchev–Trinajstić information content (AvgIpc) is 2.38. The third kappa shape index (κ3) is 6.07. The molecule has 0 aromatic heterocycles. The van der Waals surface area contributed by atoms with Crippen LogP contribution in [0.1, 0.15) is 45.1 Å². The van der Waals surface area contributed by atoms with Gasteiger partial charge in [-0.25, -0.2) is 8.93 Å². The summed E-state index contributed by atoms with van der Waals surface area (Å²) in [6.45, 7) is 6.66. The number of nitrogens with one attached hydrogen (secondary N) is 1. The highest BCUT2D eigenvalue weighted by molar-refractivity contribution is 7.84. The molecule has 0 heterocycles. The second-order valence-corrected chi connectivity index (χ2v) is 8.10. The van der Waals surface area contributed by atoms with Crippen molar-refractivity contribution in [3.05, 3.63) is 35.9 Å². The van der Waals surface area contributed by atoms with E-state index < -0.39 is 11.0 Å². The van der Waals surface area contributed by atoms with Crippen LogP contribution in [0.2, 0.25) is 0 Å². The molecule has 19 heavy (non-hydrogen) atoms. The Bertz CT molecular complexity index is 389. The SMILES string of the molecule is CC(C)(C)[S@@](=O)NC[C@H](CCCCl)c1ccccc1. The molecule has 0 saturated heterocycles. The maximum absolute atomic E-state index is 12.0. The molecule has 108 valence electrons. The van der Waals surface area contributed by atoms with Crippen molar-refractivity contribution in [1.29, 1.82) is 0 Å².